The molecule has 0 aromatic carbocycles. The van der Waals surface area contributed by atoms with Gasteiger partial charge in [0.05, 0.1) is 5.56 Å². The molecule has 1 aromatic rings. The van der Waals surface area contributed by atoms with Crippen molar-refractivity contribution in [3.63, 3.8) is 0 Å². The lowest BCUT2D eigenvalue weighted by Gasteiger charge is -2.13. The molecule has 0 aliphatic heterocycles. The van der Waals surface area contributed by atoms with Gasteiger partial charge in [-0.25, -0.2) is 0 Å². The predicted molar refractivity (Wildman–Crippen MR) is 79.1 cm³/mol. The van der Waals surface area contributed by atoms with Crippen LogP contribution in [0.3, 0.4) is 0 Å². The van der Waals surface area contributed by atoms with Gasteiger partial charge in [0.25, 0.3) is 5.91 Å². The van der Waals surface area contributed by atoms with Crippen molar-refractivity contribution in [2.24, 2.45) is 0 Å². The summed E-state index contributed by atoms with van der Waals surface area (Å²) in [6, 6.07) is 1.65. The quantitative estimate of drug-likeness (QED) is 0.926. The Kier molecular flexibility index (Phi) is 5.30. The van der Waals surface area contributed by atoms with Crippen LogP contribution in [0.4, 0.5) is 0 Å². The molecule has 0 radical (unpaired) electrons. The summed E-state index contributed by atoms with van der Waals surface area (Å²) < 4.78 is 0. The number of carbonyl (C=O) groups excluding carboxylic acids is 1. The van der Waals surface area contributed by atoms with Crippen molar-refractivity contribution >= 4 is 40.9 Å². The van der Waals surface area contributed by atoms with Crippen LogP contribution in [0.15, 0.2) is 6.07 Å². The summed E-state index contributed by atoms with van der Waals surface area (Å²) in [6.07, 6.45) is 3.16. The Balaban J connectivity index is 1.96. The van der Waals surface area contributed by atoms with E-state index in [1.807, 2.05) is 11.8 Å². The number of aromatic nitrogens is 2. The molecule has 4 nitrogen and oxygen atoms in total. The van der Waals surface area contributed by atoms with Crippen LogP contribution in [0, 0.1) is 0 Å². The van der Waals surface area contributed by atoms with Gasteiger partial charge in [0, 0.05) is 11.3 Å². The van der Waals surface area contributed by atoms with Gasteiger partial charge in [-0.2, -0.15) is 11.8 Å². The molecule has 1 saturated carbocycles. The van der Waals surface area contributed by atoms with Crippen molar-refractivity contribution in [1.29, 1.82) is 0 Å². The molecule has 0 bridgehead atoms. The summed E-state index contributed by atoms with van der Waals surface area (Å²) in [4.78, 5) is 12.1. The molecular weight excluding hydrogens is 305 g/mol. The molecule has 1 amide bonds. The molecule has 1 aromatic heterocycles. The van der Waals surface area contributed by atoms with Crippen LogP contribution in [0.5, 0.6) is 0 Å². The molecular formula is C12H15Cl2N3OS. The molecule has 2 rings (SSSR count). The SMILES string of the molecule is CCSC1CCC(NC(=O)c2cc(Cl)nnc2Cl)C1. The van der Waals surface area contributed by atoms with Gasteiger partial charge in [0.15, 0.2) is 10.3 Å². The van der Waals surface area contributed by atoms with Gasteiger partial charge in [0.2, 0.25) is 0 Å². The van der Waals surface area contributed by atoms with Crippen LogP contribution in [-0.2, 0) is 0 Å². The molecule has 0 spiro atoms. The summed E-state index contributed by atoms with van der Waals surface area (Å²) in [5, 5.41) is 11.1. The minimum atomic E-state index is -0.228. The van der Waals surface area contributed by atoms with E-state index in [1.54, 1.807) is 0 Å². The molecule has 1 fully saturated rings. The lowest BCUT2D eigenvalue weighted by atomic mass is 10.2. The second kappa shape index (κ2) is 6.77. The standard InChI is InChI=1S/C12H15Cl2N3OS/c1-2-19-8-4-3-7(5-8)15-12(18)9-6-10(13)16-17-11(9)14/h6-8H,2-5H2,1H3,(H,15,18). The zero-order chi connectivity index (χ0) is 13.8. The van der Waals surface area contributed by atoms with E-state index >= 15 is 0 Å². The van der Waals surface area contributed by atoms with E-state index in [9.17, 15) is 4.79 Å². The number of carbonyl (C=O) groups is 1. The normalized spacial score (nSPS) is 22.5. The van der Waals surface area contributed by atoms with Crippen LogP contribution in [-0.4, -0.2) is 33.1 Å². The van der Waals surface area contributed by atoms with Crippen LogP contribution in [0.2, 0.25) is 10.3 Å². The number of nitrogens with one attached hydrogen (secondary N) is 1. The van der Waals surface area contributed by atoms with E-state index in [0.717, 1.165) is 25.0 Å². The minimum Gasteiger partial charge on any atom is -0.349 e. The first-order valence-electron chi connectivity index (χ1n) is 6.21. The lowest BCUT2D eigenvalue weighted by Crippen LogP contribution is -2.33. The summed E-state index contributed by atoms with van der Waals surface area (Å²) in [6.45, 7) is 2.15. The summed E-state index contributed by atoms with van der Waals surface area (Å²) >= 11 is 13.5. The third-order valence-electron chi connectivity index (χ3n) is 3.09. The highest BCUT2D eigenvalue weighted by Crippen LogP contribution is 2.30. The second-order valence-corrected chi connectivity index (χ2v) is 6.75. The average molecular weight is 320 g/mol. The molecule has 1 N–H and O–H groups in total. The molecule has 2 unspecified atom stereocenters. The van der Waals surface area contributed by atoms with E-state index in [4.69, 9.17) is 23.2 Å². The molecule has 2 atom stereocenters. The lowest BCUT2D eigenvalue weighted by molar-refractivity contribution is 0.0937. The number of halogens is 2. The fraction of sp³-hybridized carbons (Fsp3) is 0.583. The molecule has 1 aliphatic rings. The third kappa shape index (κ3) is 3.97. The van der Waals surface area contributed by atoms with Crippen molar-refractivity contribution in [2.45, 2.75) is 37.5 Å². The Morgan fingerprint density at radius 2 is 2.26 bits per heavy atom. The third-order valence-corrected chi connectivity index (χ3v) is 4.78. The van der Waals surface area contributed by atoms with Crippen LogP contribution >= 0.6 is 35.0 Å². The summed E-state index contributed by atoms with van der Waals surface area (Å²) in [5.74, 6) is 0.884. The van der Waals surface area contributed by atoms with Crippen molar-refractivity contribution < 1.29 is 4.79 Å². The largest absolute Gasteiger partial charge is 0.349 e. The Morgan fingerprint density at radius 1 is 1.47 bits per heavy atom. The minimum absolute atomic E-state index is 0.0828. The first-order valence-corrected chi connectivity index (χ1v) is 8.01. The van der Waals surface area contributed by atoms with Crippen molar-refractivity contribution in [3.8, 4) is 0 Å². The topological polar surface area (TPSA) is 54.9 Å². The van der Waals surface area contributed by atoms with Gasteiger partial charge < -0.3 is 5.32 Å². The Morgan fingerprint density at radius 3 is 3.00 bits per heavy atom. The number of nitrogens with zero attached hydrogens (tertiary/aromatic N) is 2. The Bertz CT molecular complexity index is 472. The van der Waals surface area contributed by atoms with Crippen LogP contribution in [0.25, 0.3) is 0 Å². The fourth-order valence-corrected chi connectivity index (χ4v) is 3.70. The number of rotatable bonds is 4. The maximum Gasteiger partial charge on any atom is 0.254 e. The monoisotopic (exact) mass is 319 g/mol. The number of thioether (sulfide) groups is 1. The zero-order valence-corrected chi connectivity index (χ0v) is 12.9. The average Bonchev–Trinajstić information content (AvgIpc) is 2.80. The van der Waals surface area contributed by atoms with E-state index in [1.165, 1.54) is 6.07 Å². The highest BCUT2D eigenvalue weighted by Gasteiger charge is 2.26. The van der Waals surface area contributed by atoms with Crippen LogP contribution in [0.1, 0.15) is 36.5 Å². The van der Waals surface area contributed by atoms with Crippen molar-refractivity contribution in [2.75, 3.05) is 5.75 Å². The van der Waals surface area contributed by atoms with Crippen molar-refractivity contribution in [3.05, 3.63) is 21.9 Å². The number of hydrogen-bond acceptors (Lipinski definition) is 4. The smallest absolute Gasteiger partial charge is 0.254 e. The van der Waals surface area contributed by atoms with E-state index < -0.39 is 0 Å². The molecule has 104 valence electrons. The van der Waals surface area contributed by atoms with Crippen LogP contribution < -0.4 is 5.32 Å². The van der Waals surface area contributed by atoms with Crippen molar-refractivity contribution in [1.82, 2.24) is 15.5 Å². The zero-order valence-electron chi connectivity index (χ0n) is 10.5. The predicted octanol–water partition coefficient (Wildman–Crippen LogP) is 3.19. The summed E-state index contributed by atoms with van der Waals surface area (Å²) in [5.41, 5.74) is 0.285. The van der Waals surface area contributed by atoms with E-state index in [0.29, 0.717) is 5.25 Å². The van der Waals surface area contributed by atoms with Gasteiger partial charge >= 0.3 is 0 Å². The van der Waals surface area contributed by atoms with Gasteiger partial charge in [-0.3, -0.25) is 4.79 Å². The molecule has 1 heterocycles. The molecule has 19 heavy (non-hydrogen) atoms. The first kappa shape index (κ1) is 14.9. The molecule has 0 saturated heterocycles. The second-order valence-electron chi connectivity index (χ2n) is 4.43. The maximum absolute atomic E-state index is 12.1. The Hall–Kier alpha value is -0.520. The number of hydrogen-bond donors (Lipinski definition) is 1. The highest BCUT2D eigenvalue weighted by atomic mass is 35.5. The number of amides is 1. The van der Waals surface area contributed by atoms with Gasteiger partial charge in [0.1, 0.15) is 0 Å². The molecule has 7 heteroatoms. The van der Waals surface area contributed by atoms with Gasteiger partial charge in [-0.05, 0) is 31.1 Å². The fourth-order valence-electron chi connectivity index (χ4n) is 2.23. The molecule has 1 aliphatic carbocycles. The summed E-state index contributed by atoms with van der Waals surface area (Å²) in [7, 11) is 0. The maximum atomic E-state index is 12.1. The van der Waals surface area contributed by atoms with Gasteiger partial charge in [-0.15, -0.1) is 10.2 Å². The van der Waals surface area contributed by atoms with E-state index in [2.05, 4.69) is 22.4 Å². The first-order chi connectivity index (χ1) is 9.10. The van der Waals surface area contributed by atoms with Gasteiger partial charge in [-0.1, -0.05) is 30.1 Å². The highest BCUT2D eigenvalue weighted by molar-refractivity contribution is 7.99. The van der Waals surface area contributed by atoms with E-state index in [-0.39, 0.29) is 27.8 Å². The Labute approximate surface area is 126 Å².